The molecule has 0 bridgehead atoms. The zero-order valence-corrected chi connectivity index (χ0v) is 13.0. The van der Waals surface area contributed by atoms with E-state index in [9.17, 15) is 15.0 Å². The number of hydrogen-bond acceptors (Lipinski definition) is 4. The Balaban J connectivity index is 3.18. The van der Waals surface area contributed by atoms with Crippen molar-refractivity contribution in [2.75, 3.05) is 6.61 Å². The number of carbonyl (C=O) groups is 1. The van der Waals surface area contributed by atoms with Gasteiger partial charge in [-0.1, -0.05) is 43.0 Å². The van der Waals surface area contributed by atoms with Crippen LogP contribution in [0.1, 0.15) is 49.9 Å². The van der Waals surface area contributed by atoms with E-state index in [1.807, 2.05) is 6.92 Å². The minimum atomic E-state index is -0.487. The molecule has 0 radical (unpaired) electrons. The van der Waals surface area contributed by atoms with Crippen molar-refractivity contribution < 1.29 is 19.7 Å². The van der Waals surface area contributed by atoms with Crippen molar-refractivity contribution in [3.05, 3.63) is 15.6 Å². The molecule has 20 heavy (non-hydrogen) atoms. The molecule has 0 aliphatic carbocycles. The monoisotopic (exact) mass is 320 g/mol. The highest BCUT2D eigenvalue weighted by Gasteiger charge is 2.26. The summed E-state index contributed by atoms with van der Waals surface area (Å²) in [5, 5.41) is 19.7. The molecule has 1 aromatic carbocycles. The highest BCUT2D eigenvalue weighted by atomic mass is 35.5. The topological polar surface area (TPSA) is 66.8 Å². The first-order valence-corrected chi connectivity index (χ1v) is 7.30. The number of benzene rings is 1. The Morgan fingerprint density at radius 2 is 1.65 bits per heavy atom. The number of Topliss-reactive ketones (excluding diaryl/α,β-unsaturated/α-hetero) is 1. The Morgan fingerprint density at radius 1 is 1.10 bits per heavy atom. The maximum absolute atomic E-state index is 12.1. The fraction of sp³-hybridized carbons (Fsp3) is 0.500. The second-order valence-corrected chi connectivity index (χ2v) is 5.10. The summed E-state index contributed by atoms with van der Waals surface area (Å²) in [7, 11) is 0. The van der Waals surface area contributed by atoms with Crippen LogP contribution in [0.25, 0.3) is 0 Å². The Bertz CT molecular complexity index is 471. The molecule has 1 rings (SSSR count). The van der Waals surface area contributed by atoms with Crippen LogP contribution in [0.2, 0.25) is 10.0 Å². The number of aromatic hydroxyl groups is 2. The van der Waals surface area contributed by atoms with Crippen LogP contribution in [0, 0.1) is 0 Å². The van der Waals surface area contributed by atoms with Crippen molar-refractivity contribution in [1.29, 1.82) is 0 Å². The normalized spacial score (nSPS) is 10.6. The first-order valence-electron chi connectivity index (χ1n) is 6.54. The summed E-state index contributed by atoms with van der Waals surface area (Å²) >= 11 is 11.9. The summed E-state index contributed by atoms with van der Waals surface area (Å²) in [6.07, 6.45) is 2.76. The molecule has 0 unspecified atom stereocenters. The van der Waals surface area contributed by atoms with Gasteiger partial charge in [0.05, 0.1) is 6.61 Å². The molecule has 2 N–H and O–H groups in total. The molecule has 0 atom stereocenters. The highest BCUT2D eigenvalue weighted by Crippen LogP contribution is 2.48. The van der Waals surface area contributed by atoms with Crippen LogP contribution in [-0.4, -0.2) is 22.6 Å². The summed E-state index contributed by atoms with van der Waals surface area (Å²) in [6, 6.07) is 0. The predicted octanol–water partition coefficient (Wildman–Crippen LogP) is 4.57. The number of ether oxygens (including phenoxy) is 1. The molecule has 0 amide bonds. The molecule has 0 aromatic heterocycles. The molecule has 0 heterocycles. The maximum Gasteiger partial charge on any atom is 0.170 e. The van der Waals surface area contributed by atoms with E-state index in [2.05, 4.69) is 0 Å². The number of unbranched alkanes of at least 4 members (excludes halogenated alkanes) is 2. The average molecular weight is 321 g/mol. The fourth-order valence-corrected chi connectivity index (χ4v) is 2.37. The zero-order chi connectivity index (χ0) is 15.3. The van der Waals surface area contributed by atoms with E-state index in [-0.39, 0.29) is 40.2 Å². The lowest BCUT2D eigenvalue weighted by Gasteiger charge is -2.14. The second-order valence-electron chi connectivity index (χ2n) is 4.34. The van der Waals surface area contributed by atoms with Crippen LogP contribution < -0.4 is 4.74 Å². The Kier molecular flexibility index (Phi) is 6.43. The molecular formula is C14H18Cl2O4. The molecule has 1 aromatic rings. The Labute approximate surface area is 128 Å². The van der Waals surface area contributed by atoms with Crippen LogP contribution in [0.15, 0.2) is 0 Å². The third-order valence-electron chi connectivity index (χ3n) is 2.86. The van der Waals surface area contributed by atoms with Gasteiger partial charge in [-0.15, -0.1) is 0 Å². The lowest BCUT2D eigenvalue weighted by Crippen LogP contribution is -2.03. The van der Waals surface area contributed by atoms with Crippen molar-refractivity contribution in [3.8, 4) is 17.2 Å². The lowest BCUT2D eigenvalue weighted by atomic mass is 10.0. The third kappa shape index (κ3) is 3.49. The van der Waals surface area contributed by atoms with Crippen LogP contribution >= 0.6 is 23.2 Å². The van der Waals surface area contributed by atoms with Crippen molar-refractivity contribution in [3.63, 3.8) is 0 Å². The maximum atomic E-state index is 12.1. The van der Waals surface area contributed by atoms with E-state index in [0.29, 0.717) is 6.42 Å². The Hall–Kier alpha value is -1.13. The number of carbonyl (C=O) groups excluding carboxylic acids is 1. The van der Waals surface area contributed by atoms with Gasteiger partial charge in [-0.05, 0) is 13.3 Å². The molecule has 112 valence electrons. The van der Waals surface area contributed by atoms with Gasteiger partial charge in [-0.2, -0.15) is 0 Å². The van der Waals surface area contributed by atoms with Crippen molar-refractivity contribution in [2.45, 2.75) is 39.5 Å². The van der Waals surface area contributed by atoms with Gasteiger partial charge >= 0.3 is 0 Å². The molecule has 0 saturated carbocycles. The number of halogens is 2. The van der Waals surface area contributed by atoms with Gasteiger partial charge in [0, 0.05) is 6.42 Å². The molecule has 0 spiro atoms. The molecule has 4 nitrogen and oxygen atoms in total. The van der Waals surface area contributed by atoms with Crippen LogP contribution in [-0.2, 0) is 0 Å². The van der Waals surface area contributed by atoms with Crippen LogP contribution in [0.3, 0.4) is 0 Å². The molecule has 0 fully saturated rings. The van der Waals surface area contributed by atoms with Gasteiger partial charge in [-0.3, -0.25) is 4.79 Å². The zero-order valence-electron chi connectivity index (χ0n) is 11.5. The van der Waals surface area contributed by atoms with Crippen LogP contribution in [0.4, 0.5) is 0 Å². The van der Waals surface area contributed by atoms with E-state index >= 15 is 0 Å². The minimum absolute atomic E-state index is 0.0176. The third-order valence-corrected chi connectivity index (χ3v) is 3.56. The van der Waals surface area contributed by atoms with Crippen molar-refractivity contribution in [2.24, 2.45) is 0 Å². The van der Waals surface area contributed by atoms with E-state index < -0.39 is 11.5 Å². The smallest absolute Gasteiger partial charge is 0.170 e. The van der Waals surface area contributed by atoms with Gasteiger partial charge in [0.25, 0.3) is 0 Å². The number of ketones is 1. The van der Waals surface area contributed by atoms with E-state index in [1.54, 1.807) is 6.92 Å². The van der Waals surface area contributed by atoms with Gasteiger partial charge < -0.3 is 14.9 Å². The first kappa shape index (κ1) is 16.9. The fourth-order valence-electron chi connectivity index (χ4n) is 1.84. The first-order chi connectivity index (χ1) is 9.45. The van der Waals surface area contributed by atoms with E-state index in [4.69, 9.17) is 27.9 Å². The second kappa shape index (κ2) is 7.60. The van der Waals surface area contributed by atoms with Gasteiger partial charge in [0.15, 0.2) is 23.0 Å². The highest BCUT2D eigenvalue weighted by molar-refractivity contribution is 6.40. The number of phenols is 2. The molecule has 0 aliphatic heterocycles. The molecule has 0 aliphatic rings. The number of phenolic OH excluding ortho intramolecular Hbond substituents is 2. The van der Waals surface area contributed by atoms with Crippen molar-refractivity contribution in [1.82, 2.24) is 0 Å². The summed E-state index contributed by atoms with van der Waals surface area (Å²) in [4.78, 5) is 12.1. The van der Waals surface area contributed by atoms with Crippen LogP contribution in [0.5, 0.6) is 17.2 Å². The van der Waals surface area contributed by atoms with Gasteiger partial charge in [0.2, 0.25) is 0 Å². The van der Waals surface area contributed by atoms with E-state index in [0.717, 1.165) is 12.8 Å². The van der Waals surface area contributed by atoms with Crippen molar-refractivity contribution >= 4 is 29.0 Å². The molecular weight excluding hydrogens is 303 g/mol. The average Bonchev–Trinajstić information content (AvgIpc) is 2.42. The van der Waals surface area contributed by atoms with E-state index in [1.165, 1.54) is 0 Å². The summed E-state index contributed by atoms with van der Waals surface area (Å²) in [6.45, 7) is 4.00. The number of hydrogen-bond donors (Lipinski definition) is 2. The summed E-state index contributed by atoms with van der Waals surface area (Å²) in [5.41, 5.74) is -0.237. The minimum Gasteiger partial charge on any atom is -0.505 e. The standard InChI is InChI=1S/C14H18Cl2O4/c1-3-5-6-7-8(17)9-12(18)10(15)14(20-4-2)11(16)13(9)19/h18-19H,3-7H2,1-2H3. The van der Waals surface area contributed by atoms with Gasteiger partial charge in [0.1, 0.15) is 15.6 Å². The molecule has 6 heteroatoms. The Morgan fingerprint density at radius 3 is 2.10 bits per heavy atom. The SMILES string of the molecule is CCCCCC(=O)c1c(O)c(Cl)c(OCC)c(Cl)c1O. The lowest BCUT2D eigenvalue weighted by molar-refractivity contribution is 0.0974. The summed E-state index contributed by atoms with van der Waals surface area (Å²) < 4.78 is 5.17. The quantitative estimate of drug-likeness (QED) is 0.570. The van der Waals surface area contributed by atoms with Gasteiger partial charge in [-0.25, -0.2) is 0 Å². The number of rotatable bonds is 7. The largest absolute Gasteiger partial charge is 0.505 e. The molecule has 0 saturated heterocycles. The summed E-state index contributed by atoms with van der Waals surface area (Å²) in [5.74, 6) is -1.38. The predicted molar refractivity (Wildman–Crippen MR) is 79.4 cm³/mol.